The van der Waals surface area contributed by atoms with Crippen molar-refractivity contribution in [2.45, 2.75) is 31.8 Å². The fourth-order valence-corrected chi connectivity index (χ4v) is 2.59. The van der Waals surface area contributed by atoms with Crippen molar-refractivity contribution in [3.8, 4) is 5.75 Å². The zero-order valence-electron chi connectivity index (χ0n) is 11.1. The van der Waals surface area contributed by atoms with Crippen LogP contribution in [-0.2, 0) is 11.3 Å². The van der Waals surface area contributed by atoms with Crippen molar-refractivity contribution in [2.24, 2.45) is 0 Å². The van der Waals surface area contributed by atoms with E-state index in [1.807, 2.05) is 4.90 Å². The van der Waals surface area contributed by atoms with E-state index in [1.54, 1.807) is 13.0 Å². The Morgan fingerprint density at radius 2 is 2.32 bits per heavy atom. The number of carboxylic acid groups (broad SMARTS) is 1. The average Bonchev–Trinajstić information content (AvgIpc) is 2.73. The van der Waals surface area contributed by atoms with E-state index in [-0.39, 0.29) is 5.82 Å². The van der Waals surface area contributed by atoms with Crippen LogP contribution in [0.3, 0.4) is 0 Å². The molecule has 19 heavy (non-hydrogen) atoms. The maximum absolute atomic E-state index is 13.3. The molecule has 1 unspecified atom stereocenters. The minimum Gasteiger partial charge on any atom is -0.496 e. The number of ether oxygens (including phenoxy) is 1. The van der Waals surface area contributed by atoms with Crippen LogP contribution < -0.4 is 4.74 Å². The number of hydrogen-bond acceptors (Lipinski definition) is 3. The number of carboxylic acids is 1. The molecule has 1 N–H and O–H groups in total. The first-order chi connectivity index (χ1) is 8.97. The third-order valence-corrected chi connectivity index (χ3v) is 3.85. The molecule has 4 nitrogen and oxygen atoms in total. The summed E-state index contributed by atoms with van der Waals surface area (Å²) >= 11 is 0. The Morgan fingerprint density at radius 1 is 1.58 bits per heavy atom. The number of halogens is 1. The monoisotopic (exact) mass is 267 g/mol. The Hall–Kier alpha value is -1.62. The van der Waals surface area contributed by atoms with Crippen LogP contribution >= 0.6 is 0 Å². The molecule has 1 saturated heterocycles. The fraction of sp³-hybridized carbons (Fsp3) is 0.500. The Morgan fingerprint density at radius 3 is 2.95 bits per heavy atom. The van der Waals surface area contributed by atoms with Crippen molar-refractivity contribution in [1.29, 1.82) is 0 Å². The summed E-state index contributed by atoms with van der Waals surface area (Å²) in [7, 11) is 1.52. The second-order valence-corrected chi connectivity index (χ2v) is 5.06. The third kappa shape index (κ3) is 2.56. The molecule has 5 heteroatoms. The van der Waals surface area contributed by atoms with E-state index in [9.17, 15) is 14.3 Å². The molecular weight excluding hydrogens is 249 g/mol. The van der Waals surface area contributed by atoms with Crippen LogP contribution in [0.15, 0.2) is 18.2 Å². The minimum absolute atomic E-state index is 0.341. The van der Waals surface area contributed by atoms with Gasteiger partial charge in [-0.15, -0.1) is 0 Å². The molecule has 0 spiro atoms. The molecule has 2 rings (SSSR count). The summed E-state index contributed by atoms with van der Waals surface area (Å²) in [6.45, 7) is 2.79. The quantitative estimate of drug-likeness (QED) is 0.909. The molecule has 1 aromatic carbocycles. The first kappa shape index (κ1) is 13.8. The number of methoxy groups -OCH3 is 1. The highest BCUT2D eigenvalue weighted by molar-refractivity contribution is 5.78. The normalized spacial score (nSPS) is 23.5. The highest BCUT2D eigenvalue weighted by Gasteiger charge is 2.43. The second kappa shape index (κ2) is 5.17. The standard InChI is InChI=1S/C14H18FNO3/c1-14(13(17)18)6-3-7-16(14)9-10-8-11(15)4-5-12(10)19-2/h4-5,8H,3,6-7,9H2,1-2H3,(H,17,18). The molecule has 0 bridgehead atoms. The van der Waals surface area contributed by atoms with Crippen LogP contribution in [0.5, 0.6) is 5.75 Å². The zero-order chi connectivity index (χ0) is 14.0. The number of nitrogens with zero attached hydrogens (tertiary/aromatic N) is 1. The molecule has 104 valence electrons. The van der Waals surface area contributed by atoms with E-state index >= 15 is 0 Å². The molecule has 0 aromatic heterocycles. The van der Waals surface area contributed by atoms with Gasteiger partial charge in [0.1, 0.15) is 17.1 Å². The fourth-order valence-electron chi connectivity index (χ4n) is 2.59. The van der Waals surface area contributed by atoms with Gasteiger partial charge in [0.05, 0.1) is 7.11 Å². The van der Waals surface area contributed by atoms with Crippen molar-refractivity contribution in [1.82, 2.24) is 4.90 Å². The average molecular weight is 267 g/mol. The first-order valence-electron chi connectivity index (χ1n) is 6.28. The van der Waals surface area contributed by atoms with Gasteiger partial charge in [-0.3, -0.25) is 9.69 Å². The van der Waals surface area contributed by atoms with Crippen LogP contribution in [-0.4, -0.2) is 35.2 Å². The van der Waals surface area contributed by atoms with Crippen molar-refractivity contribution >= 4 is 5.97 Å². The van der Waals surface area contributed by atoms with E-state index in [0.29, 0.717) is 30.8 Å². The van der Waals surface area contributed by atoms with Crippen LogP contribution in [0.25, 0.3) is 0 Å². The van der Waals surface area contributed by atoms with Gasteiger partial charge in [-0.1, -0.05) is 0 Å². The van der Waals surface area contributed by atoms with Gasteiger partial charge in [0, 0.05) is 12.1 Å². The summed E-state index contributed by atoms with van der Waals surface area (Å²) in [5, 5.41) is 9.36. The summed E-state index contributed by atoms with van der Waals surface area (Å²) in [5.41, 5.74) is -0.200. The summed E-state index contributed by atoms with van der Waals surface area (Å²) in [4.78, 5) is 13.3. The lowest BCUT2D eigenvalue weighted by molar-refractivity contribution is -0.148. The van der Waals surface area contributed by atoms with Gasteiger partial charge in [-0.25, -0.2) is 4.39 Å². The molecule has 1 atom stereocenters. The molecule has 0 radical (unpaired) electrons. The zero-order valence-corrected chi connectivity index (χ0v) is 11.1. The smallest absolute Gasteiger partial charge is 0.323 e. The van der Waals surface area contributed by atoms with Crippen molar-refractivity contribution in [2.75, 3.05) is 13.7 Å². The molecule has 1 aromatic rings. The molecule has 0 amide bonds. The van der Waals surface area contributed by atoms with Crippen molar-refractivity contribution in [3.05, 3.63) is 29.6 Å². The maximum Gasteiger partial charge on any atom is 0.323 e. The summed E-state index contributed by atoms with van der Waals surface area (Å²) in [5.74, 6) is -0.589. The lowest BCUT2D eigenvalue weighted by Crippen LogP contribution is -2.47. The second-order valence-electron chi connectivity index (χ2n) is 5.06. The number of aliphatic carboxylic acids is 1. The van der Waals surface area contributed by atoms with Crippen LogP contribution in [0.4, 0.5) is 4.39 Å². The van der Waals surface area contributed by atoms with E-state index in [2.05, 4.69) is 0 Å². The Labute approximate surface area is 111 Å². The third-order valence-electron chi connectivity index (χ3n) is 3.85. The lowest BCUT2D eigenvalue weighted by atomic mass is 9.98. The highest BCUT2D eigenvalue weighted by atomic mass is 19.1. The topological polar surface area (TPSA) is 49.8 Å². The highest BCUT2D eigenvalue weighted by Crippen LogP contribution is 2.32. The molecule has 0 saturated carbocycles. The van der Waals surface area contributed by atoms with Crippen LogP contribution in [0, 0.1) is 5.82 Å². The van der Waals surface area contributed by atoms with Gasteiger partial charge in [0.15, 0.2) is 0 Å². The largest absolute Gasteiger partial charge is 0.496 e. The number of rotatable bonds is 4. The SMILES string of the molecule is COc1ccc(F)cc1CN1CCCC1(C)C(=O)O. The van der Waals surface area contributed by atoms with Gasteiger partial charge in [0.25, 0.3) is 0 Å². The van der Waals surface area contributed by atoms with E-state index < -0.39 is 11.5 Å². The van der Waals surface area contributed by atoms with Gasteiger partial charge >= 0.3 is 5.97 Å². The Kier molecular flexibility index (Phi) is 3.75. The van der Waals surface area contributed by atoms with Crippen molar-refractivity contribution < 1.29 is 19.0 Å². The Balaban J connectivity index is 2.26. The first-order valence-corrected chi connectivity index (χ1v) is 6.28. The molecule has 1 aliphatic rings. The summed E-state index contributed by atoms with van der Waals surface area (Å²) in [6, 6.07) is 4.31. The van der Waals surface area contributed by atoms with E-state index in [4.69, 9.17) is 4.74 Å². The molecule has 0 aliphatic carbocycles. The lowest BCUT2D eigenvalue weighted by Gasteiger charge is -2.31. The molecular formula is C14H18FNO3. The number of likely N-dealkylation sites (tertiary alicyclic amines) is 1. The number of benzene rings is 1. The number of hydrogen-bond donors (Lipinski definition) is 1. The predicted octanol–water partition coefficient (Wildman–Crippen LogP) is 2.27. The molecule has 1 fully saturated rings. The van der Waals surface area contributed by atoms with Crippen LogP contribution in [0.2, 0.25) is 0 Å². The van der Waals surface area contributed by atoms with Gasteiger partial charge in [0.2, 0.25) is 0 Å². The summed E-state index contributed by atoms with van der Waals surface area (Å²) in [6.07, 6.45) is 1.44. The van der Waals surface area contributed by atoms with E-state index in [0.717, 1.165) is 6.42 Å². The van der Waals surface area contributed by atoms with Crippen molar-refractivity contribution in [3.63, 3.8) is 0 Å². The number of carbonyl (C=O) groups is 1. The van der Waals surface area contributed by atoms with E-state index in [1.165, 1.54) is 19.2 Å². The Bertz CT molecular complexity index is 492. The van der Waals surface area contributed by atoms with Gasteiger partial charge in [-0.05, 0) is 44.5 Å². The maximum atomic E-state index is 13.3. The predicted molar refractivity (Wildman–Crippen MR) is 68.6 cm³/mol. The minimum atomic E-state index is -0.878. The van der Waals surface area contributed by atoms with Crippen LogP contribution in [0.1, 0.15) is 25.3 Å². The van der Waals surface area contributed by atoms with Gasteiger partial charge < -0.3 is 9.84 Å². The van der Waals surface area contributed by atoms with Gasteiger partial charge in [-0.2, -0.15) is 0 Å². The summed E-state index contributed by atoms with van der Waals surface area (Å²) < 4.78 is 18.5. The molecule has 1 heterocycles. The molecule has 1 aliphatic heterocycles.